The first kappa shape index (κ1) is 16.5. The van der Waals surface area contributed by atoms with Gasteiger partial charge >= 0.3 is 0 Å². The lowest BCUT2D eigenvalue weighted by Gasteiger charge is -2.25. The Morgan fingerprint density at radius 2 is 2.00 bits per heavy atom. The van der Waals surface area contributed by atoms with Crippen molar-refractivity contribution in [2.75, 3.05) is 6.54 Å². The molecular formula is C16H25ClFN. The van der Waals surface area contributed by atoms with Crippen molar-refractivity contribution in [2.24, 2.45) is 5.92 Å². The SMILES string of the molecule is CCCNC(Cc1cc(F)ccc1Cl)C(C)CCC. The molecule has 1 N–H and O–H groups in total. The van der Waals surface area contributed by atoms with Gasteiger partial charge in [-0.15, -0.1) is 0 Å². The van der Waals surface area contributed by atoms with Gasteiger partial charge in [-0.05, 0) is 55.5 Å². The van der Waals surface area contributed by atoms with Crippen LogP contribution in [0.3, 0.4) is 0 Å². The Morgan fingerprint density at radius 3 is 2.63 bits per heavy atom. The first-order chi connectivity index (χ1) is 9.08. The number of benzene rings is 1. The molecule has 0 amide bonds. The highest BCUT2D eigenvalue weighted by atomic mass is 35.5. The summed E-state index contributed by atoms with van der Waals surface area (Å²) in [6.07, 6.45) is 4.24. The third-order valence-electron chi connectivity index (χ3n) is 3.54. The lowest BCUT2D eigenvalue weighted by Crippen LogP contribution is -2.37. The summed E-state index contributed by atoms with van der Waals surface area (Å²) in [7, 11) is 0. The number of hydrogen-bond donors (Lipinski definition) is 1. The quantitative estimate of drug-likeness (QED) is 0.722. The van der Waals surface area contributed by atoms with E-state index in [4.69, 9.17) is 11.6 Å². The van der Waals surface area contributed by atoms with Crippen LogP contribution in [0.15, 0.2) is 18.2 Å². The molecule has 1 aromatic carbocycles. The highest BCUT2D eigenvalue weighted by molar-refractivity contribution is 6.31. The van der Waals surface area contributed by atoms with Crippen LogP contribution in [0, 0.1) is 11.7 Å². The maximum atomic E-state index is 13.3. The van der Waals surface area contributed by atoms with Crippen molar-refractivity contribution in [2.45, 2.75) is 52.5 Å². The van der Waals surface area contributed by atoms with E-state index in [0.717, 1.165) is 24.9 Å². The minimum atomic E-state index is -0.211. The zero-order valence-electron chi connectivity index (χ0n) is 12.2. The predicted octanol–water partition coefficient (Wildman–Crippen LogP) is 4.83. The molecule has 2 atom stereocenters. The van der Waals surface area contributed by atoms with Crippen LogP contribution < -0.4 is 5.32 Å². The Bertz CT molecular complexity index is 381. The smallest absolute Gasteiger partial charge is 0.123 e. The average Bonchev–Trinajstić information content (AvgIpc) is 2.38. The summed E-state index contributed by atoms with van der Waals surface area (Å²) in [4.78, 5) is 0. The molecule has 0 aliphatic heterocycles. The van der Waals surface area contributed by atoms with Crippen molar-refractivity contribution in [3.05, 3.63) is 34.6 Å². The molecule has 1 aromatic rings. The second-order valence-corrected chi connectivity index (χ2v) is 5.67. The van der Waals surface area contributed by atoms with Crippen LogP contribution in [0.2, 0.25) is 5.02 Å². The second-order valence-electron chi connectivity index (χ2n) is 5.27. The van der Waals surface area contributed by atoms with Crippen LogP contribution in [0.5, 0.6) is 0 Å². The zero-order chi connectivity index (χ0) is 14.3. The highest BCUT2D eigenvalue weighted by Crippen LogP contribution is 2.22. The third-order valence-corrected chi connectivity index (χ3v) is 3.90. The van der Waals surface area contributed by atoms with Gasteiger partial charge in [0.25, 0.3) is 0 Å². The van der Waals surface area contributed by atoms with E-state index < -0.39 is 0 Å². The van der Waals surface area contributed by atoms with E-state index in [9.17, 15) is 4.39 Å². The maximum Gasteiger partial charge on any atom is 0.123 e. The molecule has 3 heteroatoms. The minimum absolute atomic E-state index is 0.211. The molecule has 0 saturated heterocycles. The van der Waals surface area contributed by atoms with Crippen molar-refractivity contribution in [1.82, 2.24) is 5.32 Å². The van der Waals surface area contributed by atoms with Gasteiger partial charge in [0, 0.05) is 11.1 Å². The van der Waals surface area contributed by atoms with Crippen LogP contribution in [0.25, 0.3) is 0 Å². The standard InChI is InChI=1S/C16H25ClFN/c1-4-6-12(3)16(19-9-5-2)11-13-10-14(18)7-8-15(13)17/h7-8,10,12,16,19H,4-6,9,11H2,1-3H3. The molecule has 0 aliphatic carbocycles. The largest absolute Gasteiger partial charge is 0.313 e. The normalized spacial score (nSPS) is 14.4. The van der Waals surface area contributed by atoms with Gasteiger partial charge in [0.05, 0.1) is 0 Å². The van der Waals surface area contributed by atoms with E-state index >= 15 is 0 Å². The third kappa shape index (κ3) is 5.50. The number of hydrogen-bond acceptors (Lipinski definition) is 1. The van der Waals surface area contributed by atoms with Crippen molar-refractivity contribution in [3.63, 3.8) is 0 Å². The molecule has 2 unspecified atom stereocenters. The summed E-state index contributed by atoms with van der Waals surface area (Å²) in [5, 5.41) is 4.23. The molecule has 108 valence electrons. The van der Waals surface area contributed by atoms with Crippen LogP contribution in [-0.2, 0) is 6.42 Å². The van der Waals surface area contributed by atoms with Crippen LogP contribution in [0.4, 0.5) is 4.39 Å². The van der Waals surface area contributed by atoms with Crippen LogP contribution in [-0.4, -0.2) is 12.6 Å². The molecule has 0 heterocycles. The predicted molar refractivity (Wildman–Crippen MR) is 81.3 cm³/mol. The fourth-order valence-corrected chi connectivity index (χ4v) is 2.59. The lowest BCUT2D eigenvalue weighted by atomic mass is 9.91. The van der Waals surface area contributed by atoms with E-state index in [0.29, 0.717) is 17.0 Å². The number of nitrogens with one attached hydrogen (secondary N) is 1. The van der Waals surface area contributed by atoms with E-state index in [1.807, 2.05) is 0 Å². The Morgan fingerprint density at radius 1 is 1.26 bits per heavy atom. The zero-order valence-corrected chi connectivity index (χ0v) is 12.9. The Labute approximate surface area is 121 Å². The topological polar surface area (TPSA) is 12.0 Å². The molecule has 0 bridgehead atoms. The first-order valence-corrected chi connectivity index (χ1v) is 7.63. The highest BCUT2D eigenvalue weighted by Gasteiger charge is 2.18. The Balaban J connectivity index is 2.77. The molecule has 0 aliphatic rings. The van der Waals surface area contributed by atoms with Crippen LogP contribution >= 0.6 is 11.6 Å². The number of rotatable bonds is 8. The van der Waals surface area contributed by atoms with Gasteiger partial charge in [0.1, 0.15) is 5.82 Å². The molecule has 19 heavy (non-hydrogen) atoms. The minimum Gasteiger partial charge on any atom is -0.313 e. The van der Waals surface area contributed by atoms with Gasteiger partial charge in [0.15, 0.2) is 0 Å². The van der Waals surface area contributed by atoms with E-state index in [1.165, 1.54) is 18.9 Å². The lowest BCUT2D eigenvalue weighted by molar-refractivity contribution is 0.352. The van der Waals surface area contributed by atoms with Gasteiger partial charge in [-0.1, -0.05) is 38.8 Å². The van der Waals surface area contributed by atoms with Gasteiger partial charge < -0.3 is 5.32 Å². The second kappa shape index (κ2) is 8.55. The van der Waals surface area contributed by atoms with Crippen molar-refractivity contribution < 1.29 is 4.39 Å². The maximum absolute atomic E-state index is 13.3. The molecule has 0 radical (unpaired) electrons. The summed E-state index contributed by atoms with van der Waals surface area (Å²) in [5.74, 6) is 0.354. The fourth-order valence-electron chi connectivity index (χ4n) is 2.40. The summed E-state index contributed by atoms with van der Waals surface area (Å²) < 4.78 is 13.3. The molecule has 1 rings (SSSR count). The van der Waals surface area contributed by atoms with Crippen molar-refractivity contribution in [1.29, 1.82) is 0 Å². The first-order valence-electron chi connectivity index (χ1n) is 7.25. The summed E-state index contributed by atoms with van der Waals surface area (Å²) in [6, 6.07) is 4.98. The number of halogens is 2. The van der Waals surface area contributed by atoms with E-state index in [2.05, 4.69) is 26.1 Å². The van der Waals surface area contributed by atoms with Crippen molar-refractivity contribution >= 4 is 11.6 Å². The van der Waals surface area contributed by atoms with Gasteiger partial charge in [-0.25, -0.2) is 4.39 Å². The summed E-state index contributed by atoms with van der Waals surface area (Å²) >= 11 is 6.16. The molecule has 1 nitrogen and oxygen atoms in total. The molecule has 0 aromatic heterocycles. The Hall–Kier alpha value is -0.600. The van der Waals surface area contributed by atoms with Gasteiger partial charge in [0.2, 0.25) is 0 Å². The molecule has 0 fully saturated rings. The van der Waals surface area contributed by atoms with Crippen molar-refractivity contribution in [3.8, 4) is 0 Å². The Kier molecular flexibility index (Phi) is 7.40. The monoisotopic (exact) mass is 285 g/mol. The molecule has 0 spiro atoms. The summed E-state index contributed by atoms with van der Waals surface area (Å²) in [6.45, 7) is 7.60. The van der Waals surface area contributed by atoms with E-state index in [1.54, 1.807) is 12.1 Å². The van der Waals surface area contributed by atoms with Gasteiger partial charge in [-0.2, -0.15) is 0 Å². The average molecular weight is 286 g/mol. The van der Waals surface area contributed by atoms with Gasteiger partial charge in [-0.3, -0.25) is 0 Å². The molecular weight excluding hydrogens is 261 g/mol. The van der Waals surface area contributed by atoms with E-state index in [-0.39, 0.29) is 5.82 Å². The molecule has 0 saturated carbocycles. The summed E-state index contributed by atoms with van der Waals surface area (Å²) in [5.41, 5.74) is 0.901. The van der Waals surface area contributed by atoms with Crippen LogP contribution in [0.1, 0.15) is 45.6 Å². The fraction of sp³-hybridized carbons (Fsp3) is 0.625.